The monoisotopic (exact) mass is 424 g/mol. The minimum Gasteiger partial charge on any atom is -0.335 e. The number of Topliss-reactive ketones (excluding diaryl/α,β-unsaturated/α-hetero) is 1. The maximum absolute atomic E-state index is 12.0. The average Bonchev–Trinajstić information content (AvgIpc) is 3.24. The molecule has 0 unspecified atom stereocenters. The average molecular weight is 425 g/mol. The lowest BCUT2D eigenvalue weighted by Gasteiger charge is -2.15. The summed E-state index contributed by atoms with van der Waals surface area (Å²) in [5.41, 5.74) is 2.30. The van der Waals surface area contributed by atoms with Gasteiger partial charge in [-0.25, -0.2) is 0 Å². The minimum atomic E-state index is 0.194. The molecule has 1 aliphatic heterocycles. The Kier molecular flexibility index (Phi) is 10.1. The van der Waals surface area contributed by atoms with Crippen molar-refractivity contribution in [3.05, 3.63) is 52.9 Å². The summed E-state index contributed by atoms with van der Waals surface area (Å²) < 4.78 is 0. The first kappa shape index (κ1) is 22.7. The van der Waals surface area contributed by atoms with Gasteiger partial charge in [-0.15, -0.1) is 11.3 Å². The fourth-order valence-corrected chi connectivity index (χ4v) is 4.86. The molecule has 2 aromatic rings. The van der Waals surface area contributed by atoms with Crippen molar-refractivity contribution in [3.8, 4) is 0 Å². The molecule has 1 aliphatic rings. The van der Waals surface area contributed by atoms with E-state index >= 15 is 0 Å². The smallest absolute Gasteiger partial charge is 0.173 e. The lowest BCUT2D eigenvalue weighted by Crippen LogP contribution is -2.23. The molecule has 0 amide bonds. The molecule has 30 heavy (non-hydrogen) atoms. The maximum atomic E-state index is 12.0. The highest BCUT2D eigenvalue weighted by Gasteiger charge is 2.21. The van der Waals surface area contributed by atoms with Crippen molar-refractivity contribution in [2.75, 3.05) is 11.9 Å². The molecule has 3 nitrogen and oxygen atoms in total. The molecule has 1 aromatic carbocycles. The summed E-state index contributed by atoms with van der Waals surface area (Å²) in [4.78, 5) is 16.6. The van der Waals surface area contributed by atoms with Gasteiger partial charge in [0.05, 0.1) is 12.0 Å². The number of hydrogen-bond acceptors (Lipinski definition) is 3. The molecule has 4 heteroatoms. The van der Waals surface area contributed by atoms with Crippen molar-refractivity contribution in [2.45, 2.75) is 83.5 Å². The van der Waals surface area contributed by atoms with Crippen LogP contribution in [0.4, 0.5) is 5.00 Å². The van der Waals surface area contributed by atoms with Crippen molar-refractivity contribution >= 4 is 28.0 Å². The van der Waals surface area contributed by atoms with Crippen LogP contribution < -0.4 is 5.32 Å². The molecule has 0 atom stereocenters. The second kappa shape index (κ2) is 13.4. The first-order valence-electron chi connectivity index (χ1n) is 11.8. The molecular formula is C26H36N2OS. The Morgan fingerprint density at radius 1 is 0.800 bits per heavy atom. The van der Waals surface area contributed by atoms with Gasteiger partial charge < -0.3 is 5.32 Å². The van der Waals surface area contributed by atoms with Crippen molar-refractivity contribution in [2.24, 2.45) is 4.99 Å². The number of nitrogens with zero attached hydrogens (tertiary/aromatic N) is 1. The van der Waals surface area contributed by atoms with Gasteiger partial charge in [0.25, 0.3) is 0 Å². The number of rotatable bonds is 14. The van der Waals surface area contributed by atoms with E-state index in [1.54, 1.807) is 11.3 Å². The molecule has 3 rings (SSSR count). The minimum absolute atomic E-state index is 0.194. The normalized spacial score (nSPS) is 14.7. The summed E-state index contributed by atoms with van der Waals surface area (Å²) in [6.45, 7) is 0.833. The number of nitrogens with one attached hydrogen (secondary N) is 1. The van der Waals surface area contributed by atoms with Gasteiger partial charge in [-0.05, 0) is 36.3 Å². The number of aliphatic imine (C=N–C) groups is 1. The topological polar surface area (TPSA) is 41.5 Å². The molecule has 0 spiro atoms. The summed E-state index contributed by atoms with van der Waals surface area (Å²) in [5.74, 6) is 1.04. The van der Waals surface area contributed by atoms with E-state index < -0.39 is 0 Å². The van der Waals surface area contributed by atoms with Crippen LogP contribution >= 0.6 is 11.3 Å². The Morgan fingerprint density at radius 2 is 1.43 bits per heavy atom. The van der Waals surface area contributed by atoms with Gasteiger partial charge in [-0.1, -0.05) is 88.1 Å². The summed E-state index contributed by atoms with van der Waals surface area (Å²) in [6, 6.07) is 12.7. The van der Waals surface area contributed by atoms with Crippen LogP contribution in [-0.2, 0) is 6.42 Å². The number of thiophene rings is 1. The number of aryl methyl sites for hydroxylation is 1. The van der Waals surface area contributed by atoms with Gasteiger partial charge in [-0.2, -0.15) is 0 Å². The Balaban J connectivity index is 1.10. The Labute approximate surface area is 186 Å². The highest BCUT2D eigenvalue weighted by Crippen LogP contribution is 2.28. The zero-order valence-corrected chi connectivity index (χ0v) is 19.0. The van der Waals surface area contributed by atoms with Gasteiger partial charge in [0.15, 0.2) is 5.78 Å². The standard InChI is InChI=1S/C26H36N2OS/c29-24-21-25(28-26-23(24)18-20-30-26)27-19-14-9-7-5-3-1-2-4-6-8-11-15-22-16-12-10-13-17-22/h10,12-13,16-18,20H,1-9,11,14-15,19,21H2,(H,27,28). The number of carbonyl (C=O) groups is 1. The van der Waals surface area contributed by atoms with Crippen molar-refractivity contribution in [1.82, 2.24) is 0 Å². The first-order chi connectivity index (χ1) is 14.8. The van der Waals surface area contributed by atoms with Gasteiger partial charge in [0, 0.05) is 6.54 Å². The van der Waals surface area contributed by atoms with Crippen LogP contribution in [0.25, 0.3) is 0 Å². The highest BCUT2D eigenvalue weighted by atomic mass is 32.1. The number of benzene rings is 1. The molecule has 0 aliphatic carbocycles. The zero-order valence-electron chi connectivity index (χ0n) is 18.2. The largest absolute Gasteiger partial charge is 0.335 e. The van der Waals surface area contributed by atoms with E-state index in [-0.39, 0.29) is 5.78 Å². The first-order valence-corrected chi connectivity index (χ1v) is 12.7. The second-order valence-corrected chi connectivity index (χ2v) is 9.26. The van der Waals surface area contributed by atoms with E-state index in [1.807, 2.05) is 11.4 Å². The van der Waals surface area contributed by atoms with Gasteiger partial charge in [-0.3, -0.25) is 9.79 Å². The van der Waals surface area contributed by atoms with Crippen LogP contribution in [0.2, 0.25) is 0 Å². The molecule has 1 N–H and O–H groups in total. The quantitative estimate of drug-likeness (QED) is 0.316. The molecule has 0 fully saturated rings. The van der Waals surface area contributed by atoms with E-state index in [2.05, 4.69) is 40.6 Å². The Morgan fingerprint density at radius 3 is 2.13 bits per heavy atom. The third-order valence-corrected chi connectivity index (χ3v) is 6.65. The predicted molar refractivity (Wildman–Crippen MR) is 130 cm³/mol. The van der Waals surface area contributed by atoms with E-state index in [0.717, 1.165) is 29.4 Å². The lowest BCUT2D eigenvalue weighted by molar-refractivity contribution is 0.1000. The van der Waals surface area contributed by atoms with Crippen LogP contribution in [0.1, 0.15) is 93.0 Å². The summed E-state index contributed by atoms with van der Waals surface area (Å²) in [7, 11) is 0. The van der Waals surface area contributed by atoms with Gasteiger partial charge >= 0.3 is 0 Å². The molecule has 0 radical (unpaired) electrons. The number of amidine groups is 1. The lowest BCUT2D eigenvalue weighted by atomic mass is 10.0. The van der Waals surface area contributed by atoms with E-state index in [1.165, 1.54) is 76.2 Å². The number of fused-ring (bicyclic) bond motifs is 1. The summed E-state index contributed by atoms with van der Waals surface area (Å²) in [5, 5.41) is 6.23. The molecule has 0 saturated carbocycles. The SMILES string of the molecule is O=C1CC(=NCCCCCCCCCCCCCc2ccccc2)Nc2sccc21. The predicted octanol–water partition coefficient (Wildman–Crippen LogP) is 7.68. The van der Waals surface area contributed by atoms with Gasteiger partial charge in [0.2, 0.25) is 0 Å². The third kappa shape index (κ3) is 8.06. The van der Waals surface area contributed by atoms with Crippen LogP contribution in [-0.4, -0.2) is 18.2 Å². The third-order valence-electron chi connectivity index (χ3n) is 5.82. The summed E-state index contributed by atoms with van der Waals surface area (Å²) in [6.07, 6.45) is 16.3. The zero-order chi connectivity index (χ0) is 20.9. The molecule has 162 valence electrons. The number of unbranched alkanes of at least 4 members (excludes halogenated alkanes) is 10. The molecule has 2 heterocycles. The fraction of sp³-hybridized carbons (Fsp3) is 0.538. The van der Waals surface area contributed by atoms with E-state index in [0.29, 0.717) is 6.42 Å². The molecule has 1 aromatic heterocycles. The Bertz CT molecular complexity index is 781. The number of carbonyl (C=O) groups excluding carboxylic acids is 1. The molecular weight excluding hydrogens is 388 g/mol. The maximum Gasteiger partial charge on any atom is 0.173 e. The highest BCUT2D eigenvalue weighted by molar-refractivity contribution is 7.15. The summed E-state index contributed by atoms with van der Waals surface area (Å²) >= 11 is 1.58. The van der Waals surface area contributed by atoms with Crippen LogP contribution in [0.15, 0.2) is 46.8 Å². The van der Waals surface area contributed by atoms with Gasteiger partial charge in [0.1, 0.15) is 10.8 Å². The number of hydrogen-bond donors (Lipinski definition) is 1. The fourth-order valence-electron chi connectivity index (χ4n) is 4.03. The van der Waals surface area contributed by atoms with Crippen molar-refractivity contribution in [1.29, 1.82) is 0 Å². The Hall–Kier alpha value is -1.94. The van der Waals surface area contributed by atoms with Crippen LogP contribution in [0.3, 0.4) is 0 Å². The van der Waals surface area contributed by atoms with Crippen molar-refractivity contribution in [3.63, 3.8) is 0 Å². The van der Waals surface area contributed by atoms with Crippen LogP contribution in [0, 0.1) is 0 Å². The van der Waals surface area contributed by atoms with Crippen molar-refractivity contribution < 1.29 is 4.79 Å². The van der Waals surface area contributed by atoms with E-state index in [9.17, 15) is 4.79 Å². The molecule has 0 saturated heterocycles. The number of ketones is 1. The van der Waals surface area contributed by atoms with E-state index in [4.69, 9.17) is 0 Å². The molecule has 0 bridgehead atoms. The number of anilines is 1. The van der Waals surface area contributed by atoms with Crippen LogP contribution in [0.5, 0.6) is 0 Å². The second-order valence-electron chi connectivity index (χ2n) is 8.34.